The van der Waals surface area contributed by atoms with E-state index in [2.05, 4.69) is 4.72 Å². The third-order valence-corrected chi connectivity index (χ3v) is 6.27. The van der Waals surface area contributed by atoms with Gasteiger partial charge in [0.2, 0.25) is 10.0 Å². The molecule has 0 amide bonds. The van der Waals surface area contributed by atoms with Crippen LogP contribution in [0.4, 0.5) is 5.69 Å². The van der Waals surface area contributed by atoms with Gasteiger partial charge in [-0.05, 0) is 25.1 Å². The minimum atomic E-state index is -3.99. The van der Waals surface area contributed by atoms with Gasteiger partial charge in [0, 0.05) is 35.1 Å². The quantitative estimate of drug-likeness (QED) is 0.677. The molecule has 0 fully saturated rings. The first kappa shape index (κ1) is 18.1. The van der Waals surface area contributed by atoms with E-state index in [1.165, 1.54) is 18.4 Å². The fraction of sp³-hybridized carbons (Fsp3) is 0.455. The number of anilines is 1. The molecule has 0 aliphatic carbocycles. The molecule has 120 valence electrons. The molecule has 0 aromatic heterocycles. The maximum absolute atomic E-state index is 12.2. The number of sulfone groups is 1. The second-order valence-electron chi connectivity index (χ2n) is 4.73. The number of nitrogen functional groups attached to an aromatic ring is 1. The molecule has 0 aliphatic rings. The third kappa shape index (κ3) is 5.06. The smallest absolute Gasteiger partial charge is 0.242 e. The van der Waals surface area contributed by atoms with Crippen LogP contribution >= 0.6 is 0 Å². The third-order valence-electron chi connectivity index (χ3n) is 2.54. The summed E-state index contributed by atoms with van der Waals surface area (Å²) in [7, 11) is -8.70. The highest BCUT2D eigenvalue weighted by atomic mass is 32.2. The van der Waals surface area contributed by atoms with Crippen LogP contribution in [0.3, 0.4) is 0 Å². The molecule has 1 aromatic rings. The Bertz CT molecular complexity index is 756. The van der Waals surface area contributed by atoms with Crippen LogP contribution in [0, 0.1) is 0 Å². The molecule has 3 N–H and O–H groups in total. The first-order chi connectivity index (χ1) is 9.43. The standard InChI is InChI=1S/C11H18N2O5S3/c1-8(7-19(2)14)13-21(17,18)11-6-9(20(3,15)16)4-5-10(11)12/h4-6,8,13H,7,12H2,1-3H3. The highest BCUT2D eigenvalue weighted by Crippen LogP contribution is 2.22. The van der Waals surface area contributed by atoms with E-state index < -0.39 is 36.7 Å². The zero-order chi connectivity index (χ0) is 16.4. The zero-order valence-electron chi connectivity index (χ0n) is 11.9. The molecule has 0 heterocycles. The number of nitrogens with one attached hydrogen (secondary N) is 1. The van der Waals surface area contributed by atoms with Gasteiger partial charge < -0.3 is 5.73 Å². The highest BCUT2D eigenvalue weighted by molar-refractivity contribution is 7.91. The van der Waals surface area contributed by atoms with Crippen LogP contribution in [-0.2, 0) is 30.7 Å². The van der Waals surface area contributed by atoms with E-state index in [1.807, 2.05) is 0 Å². The molecule has 21 heavy (non-hydrogen) atoms. The lowest BCUT2D eigenvalue weighted by molar-refractivity contribution is 0.570. The number of nitrogens with two attached hydrogens (primary N) is 1. The first-order valence-corrected chi connectivity index (χ1v) is 11.0. The van der Waals surface area contributed by atoms with Crippen LogP contribution < -0.4 is 10.5 Å². The summed E-state index contributed by atoms with van der Waals surface area (Å²) in [5, 5.41) is 0. The Labute approximate surface area is 127 Å². The van der Waals surface area contributed by atoms with Crippen molar-refractivity contribution in [2.45, 2.75) is 22.8 Å². The fourth-order valence-corrected chi connectivity index (χ4v) is 4.71. The molecule has 0 saturated carbocycles. The number of benzene rings is 1. The van der Waals surface area contributed by atoms with Crippen LogP contribution in [0.15, 0.2) is 28.0 Å². The van der Waals surface area contributed by atoms with Gasteiger partial charge >= 0.3 is 0 Å². The molecule has 1 rings (SSSR count). The van der Waals surface area contributed by atoms with Crippen LogP contribution in [0.25, 0.3) is 0 Å². The minimum Gasteiger partial charge on any atom is -0.398 e. The van der Waals surface area contributed by atoms with Crippen LogP contribution in [0.5, 0.6) is 0 Å². The molecule has 1 aromatic carbocycles. The predicted octanol–water partition coefficient (Wildman–Crippen LogP) is -0.282. The second-order valence-corrected chi connectivity index (χ2v) is 9.91. The summed E-state index contributed by atoms with van der Waals surface area (Å²) in [4.78, 5) is -0.442. The molecular formula is C11H18N2O5S3. The van der Waals surface area contributed by atoms with Crippen molar-refractivity contribution >= 4 is 36.3 Å². The maximum atomic E-state index is 12.2. The lowest BCUT2D eigenvalue weighted by atomic mass is 10.3. The normalized spacial score (nSPS) is 15.6. The van der Waals surface area contributed by atoms with E-state index >= 15 is 0 Å². The number of sulfonamides is 1. The fourth-order valence-electron chi connectivity index (χ4n) is 1.69. The highest BCUT2D eigenvalue weighted by Gasteiger charge is 2.22. The molecule has 0 aliphatic heterocycles. The van der Waals surface area contributed by atoms with E-state index in [9.17, 15) is 21.0 Å². The molecule has 10 heteroatoms. The van der Waals surface area contributed by atoms with Gasteiger partial charge in [0.15, 0.2) is 9.84 Å². The van der Waals surface area contributed by atoms with Crippen LogP contribution in [0.2, 0.25) is 0 Å². The molecule has 0 radical (unpaired) electrons. The molecule has 7 nitrogen and oxygen atoms in total. The topological polar surface area (TPSA) is 123 Å². The Morgan fingerprint density at radius 2 is 1.86 bits per heavy atom. The van der Waals surface area contributed by atoms with Crippen LogP contribution in [0.1, 0.15) is 6.92 Å². The first-order valence-electron chi connectivity index (χ1n) is 5.85. The average molecular weight is 354 g/mol. The van der Waals surface area contributed by atoms with Gasteiger partial charge in [-0.1, -0.05) is 0 Å². The second kappa shape index (κ2) is 6.42. The molecule has 2 atom stereocenters. The van der Waals surface area contributed by atoms with E-state index in [4.69, 9.17) is 5.73 Å². The van der Waals surface area contributed by atoms with Crippen molar-refractivity contribution < 1.29 is 21.0 Å². The lowest BCUT2D eigenvalue weighted by Gasteiger charge is -2.14. The Morgan fingerprint density at radius 1 is 1.29 bits per heavy atom. The molecular weight excluding hydrogens is 336 g/mol. The van der Waals surface area contributed by atoms with Crippen molar-refractivity contribution in [1.82, 2.24) is 4.72 Å². The van der Waals surface area contributed by atoms with Gasteiger partial charge in [-0.15, -0.1) is 0 Å². The Kier molecular flexibility index (Phi) is 5.53. The number of rotatable bonds is 6. The Hall–Kier alpha value is -0.970. The van der Waals surface area contributed by atoms with Crippen molar-refractivity contribution in [3.63, 3.8) is 0 Å². The van der Waals surface area contributed by atoms with Crippen molar-refractivity contribution in [2.75, 3.05) is 24.0 Å². The monoisotopic (exact) mass is 354 g/mol. The largest absolute Gasteiger partial charge is 0.398 e. The molecule has 2 unspecified atom stereocenters. The predicted molar refractivity (Wildman–Crippen MR) is 82.7 cm³/mol. The Balaban J connectivity index is 3.22. The molecule has 0 bridgehead atoms. The summed E-state index contributed by atoms with van der Waals surface area (Å²) in [6, 6.07) is 2.92. The summed E-state index contributed by atoms with van der Waals surface area (Å²) in [6.45, 7) is 1.57. The van der Waals surface area contributed by atoms with Gasteiger partial charge in [0.1, 0.15) is 4.90 Å². The number of hydrogen-bond acceptors (Lipinski definition) is 6. The van der Waals surface area contributed by atoms with Gasteiger partial charge in [0.25, 0.3) is 0 Å². The average Bonchev–Trinajstić information content (AvgIpc) is 2.25. The lowest BCUT2D eigenvalue weighted by Crippen LogP contribution is -2.36. The van der Waals surface area contributed by atoms with Gasteiger partial charge in [-0.2, -0.15) is 0 Å². The summed E-state index contributed by atoms with van der Waals surface area (Å²) in [6.07, 6.45) is 2.44. The van der Waals surface area contributed by atoms with Crippen molar-refractivity contribution in [2.24, 2.45) is 0 Å². The van der Waals surface area contributed by atoms with E-state index in [-0.39, 0.29) is 21.2 Å². The summed E-state index contributed by atoms with van der Waals surface area (Å²) < 4.78 is 60.9. The summed E-state index contributed by atoms with van der Waals surface area (Å²) >= 11 is 0. The van der Waals surface area contributed by atoms with Crippen LogP contribution in [-0.4, -0.2) is 45.4 Å². The minimum absolute atomic E-state index is 0.0558. The Morgan fingerprint density at radius 3 is 2.33 bits per heavy atom. The van der Waals surface area contributed by atoms with Crippen molar-refractivity contribution in [3.8, 4) is 0 Å². The van der Waals surface area contributed by atoms with E-state index in [1.54, 1.807) is 6.92 Å². The van der Waals surface area contributed by atoms with Crippen molar-refractivity contribution in [3.05, 3.63) is 18.2 Å². The zero-order valence-corrected chi connectivity index (χ0v) is 14.3. The molecule has 0 spiro atoms. The molecule has 0 saturated heterocycles. The van der Waals surface area contributed by atoms with Gasteiger partial charge in [-0.25, -0.2) is 21.6 Å². The van der Waals surface area contributed by atoms with Gasteiger partial charge in [-0.3, -0.25) is 4.21 Å². The summed E-state index contributed by atoms with van der Waals surface area (Å²) in [5.41, 5.74) is 5.57. The van der Waals surface area contributed by atoms with Crippen molar-refractivity contribution in [1.29, 1.82) is 0 Å². The van der Waals surface area contributed by atoms with E-state index in [0.29, 0.717) is 0 Å². The number of hydrogen-bond donors (Lipinski definition) is 2. The summed E-state index contributed by atoms with van der Waals surface area (Å²) in [5.74, 6) is 0.144. The van der Waals surface area contributed by atoms with E-state index in [0.717, 1.165) is 12.3 Å². The SMILES string of the molecule is CC(CS(C)=O)NS(=O)(=O)c1cc(S(C)(=O)=O)ccc1N. The maximum Gasteiger partial charge on any atom is 0.242 e. The van der Waals surface area contributed by atoms with Gasteiger partial charge in [0.05, 0.1) is 10.6 Å².